The molecule has 3 amide bonds. The van der Waals surface area contributed by atoms with E-state index in [1.807, 2.05) is 25.2 Å². The second-order valence-electron chi connectivity index (χ2n) is 15.1. The molecule has 6 heterocycles. The first-order chi connectivity index (χ1) is 26.8. The zero-order valence-corrected chi connectivity index (χ0v) is 31.0. The highest BCUT2D eigenvalue weighted by Crippen LogP contribution is 2.47. The molecule has 16 nitrogen and oxygen atoms in total. The average Bonchev–Trinajstić information content (AvgIpc) is 3.85. The molecular weight excluding hydrogens is 735 g/mol. The molecule has 2 atom stereocenters. The van der Waals surface area contributed by atoms with Crippen LogP contribution in [0, 0.1) is 5.92 Å². The molecule has 0 radical (unpaired) electrons. The molecule has 1 aliphatic carbocycles. The summed E-state index contributed by atoms with van der Waals surface area (Å²) in [6.45, 7) is 2.52. The maximum absolute atomic E-state index is 13.4. The van der Waals surface area contributed by atoms with E-state index in [0.29, 0.717) is 31.2 Å². The third-order valence-corrected chi connectivity index (χ3v) is 11.6. The van der Waals surface area contributed by atoms with Gasteiger partial charge in [0, 0.05) is 51.5 Å². The number of anilines is 4. The summed E-state index contributed by atoms with van der Waals surface area (Å²) < 4.78 is 47.2. The van der Waals surface area contributed by atoms with E-state index in [2.05, 4.69) is 47.4 Å². The number of carbonyl (C=O) groups is 3. The van der Waals surface area contributed by atoms with Crippen LogP contribution < -0.4 is 30.1 Å². The Kier molecular flexibility index (Phi) is 9.98. The van der Waals surface area contributed by atoms with E-state index in [1.165, 1.54) is 27.8 Å². The van der Waals surface area contributed by atoms with Crippen molar-refractivity contribution < 1.29 is 37.4 Å². The SMILES string of the molecule is CN(C[C@H]1CC[C@H](n2cc(NC(=O)c3cnn4cccnc34)c(OC(F)(F)F)n2)CC1)C1CCN(c2cccc3c2N(C)C(O)N3C2CCC(=O)NC2=O)CC1. The highest BCUT2D eigenvalue weighted by atomic mass is 19.4. The molecule has 3 aromatic heterocycles. The van der Waals surface area contributed by atoms with E-state index in [9.17, 15) is 32.7 Å². The molecule has 1 aromatic carbocycles. The summed E-state index contributed by atoms with van der Waals surface area (Å²) in [7, 11) is 3.96. The quantitative estimate of drug-likeness (QED) is 0.211. The number of aliphatic hydroxyl groups is 1. The number of rotatable bonds is 9. The number of nitrogens with zero attached hydrogens (tertiary/aromatic N) is 9. The lowest BCUT2D eigenvalue weighted by Gasteiger charge is -2.40. The van der Waals surface area contributed by atoms with Gasteiger partial charge in [-0.3, -0.25) is 24.4 Å². The first-order valence-electron chi connectivity index (χ1n) is 18.9. The number of aromatic nitrogens is 5. The van der Waals surface area contributed by atoms with Crippen LogP contribution in [-0.2, 0) is 9.59 Å². The Morgan fingerprint density at radius 3 is 2.55 bits per heavy atom. The Morgan fingerprint density at radius 2 is 1.82 bits per heavy atom. The first-order valence-corrected chi connectivity index (χ1v) is 18.9. The second-order valence-corrected chi connectivity index (χ2v) is 15.1. The van der Waals surface area contributed by atoms with Crippen LogP contribution in [0.5, 0.6) is 5.88 Å². The predicted molar refractivity (Wildman–Crippen MR) is 198 cm³/mol. The number of hydrogen-bond acceptors (Lipinski definition) is 12. The molecule has 0 spiro atoms. The summed E-state index contributed by atoms with van der Waals surface area (Å²) in [4.78, 5) is 50.0. The van der Waals surface area contributed by atoms with Gasteiger partial charge >= 0.3 is 6.36 Å². The van der Waals surface area contributed by atoms with Gasteiger partial charge in [-0.2, -0.15) is 5.10 Å². The molecule has 4 aromatic rings. The van der Waals surface area contributed by atoms with Crippen LogP contribution in [0.25, 0.3) is 5.65 Å². The number of ether oxygens (including phenoxy) is 1. The molecule has 56 heavy (non-hydrogen) atoms. The number of aliphatic hydroxyl groups excluding tert-OH is 1. The minimum absolute atomic E-state index is 0.0981. The van der Waals surface area contributed by atoms with Crippen LogP contribution in [0.3, 0.4) is 0 Å². The third kappa shape index (κ3) is 7.32. The molecule has 298 valence electrons. The van der Waals surface area contributed by atoms with Crippen molar-refractivity contribution >= 4 is 46.1 Å². The van der Waals surface area contributed by atoms with Gasteiger partial charge in [-0.1, -0.05) is 6.07 Å². The maximum atomic E-state index is 13.4. The Bertz CT molecular complexity index is 2110. The number of benzene rings is 1. The van der Waals surface area contributed by atoms with E-state index >= 15 is 0 Å². The Hall–Kier alpha value is -5.43. The van der Waals surface area contributed by atoms with Crippen molar-refractivity contribution in [2.45, 2.75) is 82.2 Å². The summed E-state index contributed by atoms with van der Waals surface area (Å²) >= 11 is 0. The number of carbonyl (C=O) groups excluding carboxylic acids is 3. The van der Waals surface area contributed by atoms with Gasteiger partial charge in [-0.25, -0.2) is 9.50 Å². The minimum atomic E-state index is -5.00. The molecule has 2 saturated heterocycles. The molecule has 8 rings (SSSR count). The standard InChI is InChI=1S/C37H44F3N11O5/c1-46(23-13-17-48(18-14-23)27-5-3-6-28-31(27)47(2)36(55)51(28)29-11-12-30(52)44-34(29)54)20-22-7-9-24(10-8-22)50-21-26(35(45-50)56-37(38,39)40)43-33(53)25-19-42-49-16-4-15-41-32(25)49/h3-6,15-16,19,21-24,29,36,55H,7-14,17-18,20H2,1-2H3,(H,43,53)(H,44,52,54)/t22-,24-,29?,36?. The van der Waals surface area contributed by atoms with E-state index in [0.717, 1.165) is 62.4 Å². The molecule has 3 aliphatic heterocycles. The van der Waals surface area contributed by atoms with Crippen LogP contribution in [0.2, 0.25) is 0 Å². The third-order valence-electron chi connectivity index (χ3n) is 11.6. The first kappa shape index (κ1) is 37.5. The zero-order chi connectivity index (χ0) is 39.3. The lowest BCUT2D eigenvalue weighted by molar-refractivity contribution is -0.276. The number of piperidine rings is 2. The minimum Gasteiger partial charge on any atom is -0.384 e. The molecule has 4 aliphatic rings. The number of hydrogen-bond donors (Lipinski definition) is 3. The van der Waals surface area contributed by atoms with Crippen LogP contribution >= 0.6 is 0 Å². The number of nitrogens with one attached hydrogen (secondary N) is 2. The summed E-state index contributed by atoms with van der Waals surface area (Å²) in [5.74, 6) is -1.70. The monoisotopic (exact) mass is 779 g/mol. The van der Waals surface area contributed by atoms with E-state index in [-0.39, 0.29) is 35.3 Å². The Morgan fingerprint density at radius 1 is 1.07 bits per heavy atom. The molecule has 1 saturated carbocycles. The van der Waals surface area contributed by atoms with Gasteiger partial charge in [0.1, 0.15) is 17.3 Å². The lowest BCUT2D eigenvalue weighted by Crippen LogP contribution is -2.56. The van der Waals surface area contributed by atoms with Crippen molar-refractivity contribution in [1.29, 1.82) is 0 Å². The number of para-hydroxylation sites is 1. The highest BCUT2D eigenvalue weighted by molar-refractivity contribution is 6.08. The largest absolute Gasteiger partial charge is 0.574 e. The van der Waals surface area contributed by atoms with Crippen molar-refractivity contribution in [2.75, 3.05) is 53.7 Å². The topological polar surface area (TPSA) is 166 Å². The number of imide groups is 1. The van der Waals surface area contributed by atoms with Crippen molar-refractivity contribution in [3.8, 4) is 5.88 Å². The number of fused-ring (bicyclic) bond motifs is 2. The molecule has 19 heteroatoms. The van der Waals surface area contributed by atoms with Gasteiger partial charge in [0.15, 0.2) is 5.65 Å². The van der Waals surface area contributed by atoms with Crippen molar-refractivity contribution in [3.05, 3.63) is 54.6 Å². The van der Waals surface area contributed by atoms with Crippen LogP contribution in [0.15, 0.2) is 49.1 Å². The highest BCUT2D eigenvalue weighted by Gasteiger charge is 2.44. The second kappa shape index (κ2) is 14.9. The maximum Gasteiger partial charge on any atom is 0.574 e. The average molecular weight is 780 g/mol. The number of alkyl halides is 3. The number of halogens is 3. The fraction of sp³-hybridized carbons (Fsp3) is 0.514. The predicted octanol–water partition coefficient (Wildman–Crippen LogP) is 3.75. The van der Waals surface area contributed by atoms with Crippen molar-refractivity contribution in [3.63, 3.8) is 0 Å². The summed E-state index contributed by atoms with van der Waals surface area (Å²) in [6.07, 6.45) is 5.36. The molecule has 3 N–H and O–H groups in total. The lowest BCUT2D eigenvalue weighted by atomic mass is 9.85. The van der Waals surface area contributed by atoms with Gasteiger partial charge in [0.25, 0.3) is 11.8 Å². The van der Waals surface area contributed by atoms with Crippen molar-refractivity contribution in [1.82, 2.24) is 34.6 Å². The zero-order valence-electron chi connectivity index (χ0n) is 31.0. The van der Waals surface area contributed by atoms with Gasteiger partial charge < -0.3 is 34.8 Å². The van der Waals surface area contributed by atoms with Gasteiger partial charge in [-0.05, 0) is 76.1 Å². The van der Waals surface area contributed by atoms with Crippen LogP contribution in [-0.4, -0.2) is 111 Å². The van der Waals surface area contributed by atoms with Crippen molar-refractivity contribution in [2.24, 2.45) is 5.92 Å². The molecular formula is C37H44F3N11O5. The van der Waals surface area contributed by atoms with Gasteiger partial charge in [0.05, 0.1) is 35.5 Å². The molecule has 2 unspecified atom stereocenters. The summed E-state index contributed by atoms with van der Waals surface area (Å²) in [5, 5.41) is 24.4. The van der Waals surface area contributed by atoms with E-state index < -0.39 is 36.5 Å². The fourth-order valence-corrected chi connectivity index (χ4v) is 8.75. The smallest absolute Gasteiger partial charge is 0.384 e. The van der Waals surface area contributed by atoms with Crippen LogP contribution in [0.1, 0.15) is 67.8 Å². The molecule has 0 bridgehead atoms. The summed E-state index contributed by atoms with van der Waals surface area (Å²) in [5.41, 5.74) is 2.80. The normalized spacial score (nSPS) is 23.5. The Labute approximate surface area is 320 Å². The van der Waals surface area contributed by atoms with E-state index in [1.54, 1.807) is 22.1 Å². The fourth-order valence-electron chi connectivity index (χ4n) is 8.75. The van der Waals surface area contributed by atoms with E-state index in [4.69, 9.17) is 0 Å². The number of amides is 3. The molecule has 3 fully saturated rings. The van der Waals surface area contributed by atoms with Crippen LogP contribution in [0.4, 0.5) is 35.9 Å². The van der Waals surface area contributed by atoms with Gasteiger partial charge in [-0.15, -0.1) is 18.3 Å². The van der Waals surface area contributed by atoms with Gasteiger partial charge in [0.2, 0.25) is 18.2 Å². The Balaban J connectivity index is 0.864. The summed E-state index contributed by atoms with van der Waals surface area (Å²) in [6, 6.07) is 7.11.